The second-order valence-corrected chi connectivity index (χ2v) is 6.45. The highest BCUT2D eigenvalue weighted by molar-refractivity contribution is 5.86. The molecular weight excluding hydrogens is 336 g/mol. The zero-order valence-corrected chi connectivity index (χ0v) is 14.8. The van der Waals surface area contributed by atoms with Gasteiger partial charge >= 0.3 is 5.97 Å². The fourth-order valence-electron chi connectivity index (χ4n) is 2.95. The number of nitrogens with zero attached hydrogens (tertiary/aromatic N) is 7. The summed E-state index contributed by atoms with van der Waals surface area (Å²) >= 11 is 0. The Morgan fingerprint density at radius 3 is 2.35 bits per heavy atom. The van der Waals surface area contributed by atoms with Gasteiger partial charge in [0.15, 0.2) is 0 Å². The van der Waals surface area contributed by atoms with Gasteiger partial charge in [0, 0.05) is 38.6 Å². The summed E-state index contributed by atoms with van der Waals surface area (Å²) in [6.07, 6.45) is 5.88. The molecule has 10 nitrogen and oxygen atoms in total. The number of nitrogens with two attached hydrogens (primary N) is 1. The molecule has 0 saturated carbocycles. The van der Waals surface area contributed by atoms with E-state index in [1.165, 1.54) is 12.4 Å². The molecule has 0 unspecified atom stereocenters. The van der Waals surface area contributed by atoms with Gasteiger partial charge in [0.1, 0.15) is 0 Å². The summed E-state index contributed by atoms with van der Waals surface area (Å²) in [5.41, 5.74) is 6.27. The number of rotatable bonds is 5. The van der Waals surface area contributed by atoms with Gasteiger partial charge in [-0.1, -0.05) is 0 Å². The lowest BCUT2D eigenvalue weighted by molar-refractivity contribution is 0.0696. The highest BCUT2D eigenvalue weighted by atomic mass is 16.4. The van der Waals surface area contributed by atoms with Crippen LogP contribution in [0.4, 0.5) is 17.6 Å². The first-order valence-electron chi connectivity index (χ1n) is 8.23. The van der Waals surface area contributed by atoms with Crippen molar-refractivity contribution in [1.29, 1.82) is 0 Å². The van der Waals surface area contributed by atoms with Crippen molar-refractivity contribution >= 4 is 23.6 Å². The number of piperazine rings is 1. The predicted molar refractivity (Wildman–Crippen MR) is 97.3 cm³/mol. The number of hydrogen-bond acceptors (Lipinski definition) is 9. The minimum Gasteiger partial charge on any atom is -0.478 e. The van der Waals surface area contributed by atoms with Crippen molar-refractivity contribution in [2.75, 3.05) is 55.8 Å². The number of aromatic nitrogens is 4. The van der Waals surface area contributed by atoms with E-state index >= 15 is 0 Å². The quantitative estimate of drug-likeness (QED) is 0.742. The second-order valence-electron chi connectivity index (χ2n) is 6.45. The maximum Gasteiger partial charge on any atom is 0.338 e. The maximum atomic E-state index is 11.0. The number of carbonyl (C=O) groups is 1. The molecule has 0 amide bonds. The largest absolute Gasteiger partial charge is 0.478 e. The van der Waals surface area contributed by atoms with Gasteiger partial charge in [-0.25, -0.2) is 24.7 Å². The Hall–Kier alpha value is -3.01. The first-order valence-corrected chi connectivity index (χ1v) is 8.23. The molecule has 0 spiro atoms. The molecule has 138 valence electrons. The van der Waals surface area contributed by atoms with Crippen LogP contribution in [0.5, 0.6) is 0 Å². The van der Waals surface area contributed by atoms with Crippen molar-refractivity contribution < 1.29 is 9.90 Å². The number of carboxylic acid groups (broad SMARTS) is 1. The van der Waals surface area contributed by atoms with Crippen molar-refractivity contribution in [3.63, 3.8) is 0 Å². The van der Waals surface area contributed by atoms with Crippen LogP contribution in [0.3, 0.4) is 0 Å². The van der Waals surface area contributed by atoms with Crippen molar-refractivity contribution in [1.82, 2.24) is 24.8 Å². The van der Waals surface area contributed by atoms with E-state index in [0.717, 1.165) is 6.54 Å². The molecule has 3 rings (SSSR count). The molecule has 1 fully saturated rings. The smallest absolute Gasteiger partial charge is 0.338 e. The first-order chi connectivity index (χ1) is 12.4. The number of nitrogen functional groups attached to an aromatic ring is 1. The Bertz CT molecular complexity index is 750. The number of anilines is 3. The SMILES string of the molecule is CN(C)C[C@H]1CN(c2ncc(N)cn2)CCN1c1ncc(C(=O)O)cn1. The molecule has 0 aliphatic carbocycles. The molecule has 0 aromatic carbocycles. The van der Waals surface area contributed by atoms with E-state index in [2.05, 4.69) is 34.6 Å². The third-order valence-corrected chi connectivity index (χ3v) is 4.14. The summed E-state index contributed by atoms with van der Waals surface area (Å²) in [7, 11) is 4.01. The molecule has 0 radical (unpaired) electrons. The van der Waals surface area contributed by atoms with E-state index in [9.17, 15) is 4.79 Å². The Morgan fingerprint density at radius 1 is 1.15 bits per heavy atom. The minimum atomic E-state index is -1.04. The van der Waals surface area contributed by atoms with Crippen LogP contribution in [0.2, 0.25) is 0 Å². The second kappa shape index (κ2) is 7.48. The third kappa shape index (κ3) is 3.97. The summed E-state index contributed by atoms with van der Waals surface area (Å²) in [6, 6.07) is 0.107. The van der Waals surface area contributed by atoms with Crippen LogP contribution in [-0.4, -0.2) is 82.2 Å². The van der Waals surface area contributed by atoms with Crippen LogP contribution in [0, 0.1) is 0 Å². The molecule has 0 bridgehead atoms. The molecule has 10 heteroatoms. The lowest BCUT2D eigenvalue weighted by Gasteiger charge is -2.42. The Labute approximate surface area is 151 Å². The fourth-order valence-corrected chi connectivity index (χ4v) is 2.95. The fraction of sp³-hybridized carbons (Fsp3) is 0.438. The van der Waals surface area contributed by atoms with Crippen LogP contribution < -0.4 is 15.5 Å². The van der Waals surface area contributed by atoms with Gasteiger partial charge in [0.2, 0.25) is 11.9 Å². The molecule has 1 aliphatic rings. The van der Waals surface area contributed by atoms with E-state index in [0.29, 0.717) is 37.2 Å². The Kier molecular flexibility index (Phi) is 5.12. The zero-order chi connectivity index (χ0) is 18.7. The van der Waals surface area contributed by atoms with Crippen molar-refractivity contribution in [2.45, 2.75) is 6.04 Å². The van der Waals surface area contributed by atoms with Gasteiger partial charge in [0.05, 0.1) is 29.7 Å². The van der Waals surface area contributed by atoms with Crippen molar-refractivity contribution in [3.05, 3.63) is 30.4 Å². The van der Waals surface area contributed by atoms with E-state index < -0.39 is 5.97 Å². The zero-order valence-electron chi connectivity index (χ0n) is 14.8. The average molecular weight is 358 g/mol. The van der Waals surface area contributed by atoms with Gasteiger partial charge in [0.25, 0.3) is 0 Å². The average Bonchev–Trinajstić information content (AvgIpc) is 2.62. The lowest BCUT2D eigenvalue weighted by Crippen LogP contribution is -2.57. The van der Waals surface area contributed by atoms with Gasteiger partial charge < -0.3 is 25.5 Å². The summed E-state index contributed by atoms with van der Waals surface area (Å²) in [4.78, 5) is 34.4. The molecule has 26 heavy (non-hydrogen) atoms. The van der Waals surface area contributed by atoms with Gasteiger partial charge in [-0.2, -0.15) is 0 Å². The summed E-state index contributed by atoms with van der Waals surface area (Å²) in [5, 5.41) is 9.01. The Morgan fingerprint density at radius 2 is 1.77 bits per heavy atom. The van der Waals surface area contributed by atoms with Crippen molar-refractivity contribution in [2.24, 2.45) is 0 Å². The predicted octanol–water partition coefficient (Wildman–Crippen LogP) is -0.196. The van der Waals surface area contributed by atoms with Gasteiger partial charge in [-0.15, -0.1) is 0 Å². The molecule has 2 aromatic rings. The van der Waals surface area contributed by atoms with E-state index in [1.54, 1.807) is 12.4 Å². The van der Waals surface area contributed by atoms with Gasteiger partial charge in [-0.05, 0) is 14.1 Å². The molecule has 3 N–H and O–H groups in total. The van der Waals surface area contributed by atoms with Crippen LogP contribution >= 0.6 is 0 Å². The van der Waals surface area contributed by atoms with E-state index in [4.69, 9.17) is 10.8 Å². The Balaban J connectivity index is 1.80. The number of aromatic carboxylic acids is 1. The molecular formula is C16H22N8O2. The normalized spacial score (nSPS) is 17.6. The summed E-state index contributed by atoms with van der Waals surface area (Å²) in [5.74, 6) is 0.135. The van der Waals surface area contributed by atoms with Crippen LogP contribution in [0.25, 0.3) is 0 Å². The van der Waals surface area contributed by atoms with E-state index in [1.807, 2.05) is 14.1 Å². The molecule has 1 aliphatic heterocycles. The lowest BCUT2D eigenvalue weighted by atomic mass is 10.1. The number of likely N-dealkylation sites (N-methyl/N-ethyl adjacent to an activating group) is 1. The standard InChI is InChI=1S/C16H22N8O2/c1-22(2)9-13-10-23(15-20-7-12(17)8-21-15)3-4-24(13)16-18-5-11(6-19-16)14(25)26/h5-8,13H,3-4,9-10,17H2,1-2H3,(H,25,26)/t13-/m0/s1. The monoisotopic (exact) mass is 358 g/mol. The highest BCUT2D eigenvalue weighted by Crippen LogP contribution is 2.20. The summed E-state index contributed by atoms with van der Waals surface area (Å²) in [6.45, 7) is 2.87. The number of hydrogen-bond donors (Lipinski definition) is 2. The molecule has 3 heterocycles. The van der Waals surface area contributed by atoms with Crippen LogP contribution in [0.15, 0.2) is 24.8 Å². The highest BCUT2D eigenvalue weighted by Gasteiger charge is 2.30. The van der Waals surface area contributed by atoms with Gasteiger partial charge in [-0.3, -0.25) is 0 Å². The van der Waals surface area contributed by atoms with E-state index in [-0.39, 0.29) is 11.6 Å². The van der Waals surface area contributed by atoms with Crippen LogP contribution in [-0.2, 0) is 0 Å². The third-order valence-electron chi connectivity index (χ3n) is 4.14. The molecule has 2 aromatic heterocycles. The maximum absolute atomic E-state index is 11.0. The first kappa shape index (κ1) is 17.8. The molecule has 1 atom stereocenters. The number of carboxylic acids is 1. The summed E-state index contributed by atoms with van der Waals surface area (Å²) < 4.78 is 0. The minimum absolute atomic E-state index is 0.0758. The van der Waals surface area contributed by atoms with Crippen LogP contribution in [0.1, 0.15) is 10.4 Å². The molecule has 1 saturated heterocycles. The topological polar surface area (TPSA) is 125 Å². The van der Waals surface area contributed by atoms with Crippen molar-refractivity contribution in [3.8, 4) is 0 Å².